The molecule has 0 spiro atoms. The molecule has 1 aliphatic rings. The van der Waals surface area contributed by atoms with Crippen LogP contribution in [0.25, 0.3) is 0 Å². The molecule has 1 atom stereocenters. The Bertz CT molecular complexity index is 159. The minimum atomic E-state index is 0.809. The van der Waals surface area contributed by atoms with E-state index in [2.05, 4.69) is 26.2 Å². The largest absolute Gasteiger partial charge is 0.317 e. The fourth-order valence-corrected chi connectivity index (χ4v) is 3.11. The van der Waals surface area contributed by atoms with Gasteiger partial charge in [0.2, 0.25) is 0 Å². The van der Waals surface area contributed by atoms with Crippen LogP contribution < -0.4 is 5.32 Å². The number of rotatable bonds is 7. The highest BCUT2D eigenvalue weighted by Crippen LogP contribution is 2.32. The van der Waals surface area contributed by atoms with Gasteiger partial charge in [-0.05, 0) is 44.6 Å². The molecule has 1 unspecified atom stereocenters. The maximum atomic E-state index is 3.42. The second-order valence-electron chi connectivity index (χ2n) is 5.73. The molecule has 0 radical (unpaired) electrons. The van der Waals surface area contributed by atoms with E-state index in [1.807, 2.05) is 0 Å². The first-order chi connectivity index (χ1) is 7.77. The van der Waals surface area contributed by atoms with Gasteiger partial charge >= 0.3 is 0 Å². The molecule has 0 aromatic heterocycles. The first kappa shape index (κ1) is 14.0. The lowest BCUT2D eigenvalue weighted by Gasteiger charge is -2.32. The van der Waals surface area contributed by atoms with Gasteiger partial charge in [-0.2, -0.15) is 0 Å². The van der Waals surface area contributed by atoms with E-state index < -0.39 is 0 Å². The Morgan fingerprint density at radius 3 is 2.31 bits per heavy atom. The summed E-state index contributed by atoms with van der Waals surface area (Å²) in [5.74, 6) is 1.99. The zero-order valence-corrected chi connectivity index (χ0v) is 11.6. The van der Waals surface area contributed by atoms with Crippen LogP contribution in [0.5, 0.6) is 0 Å². The van der Waals surface area contributed by atoms with Crippen molar-refractivity contribution in [2.24, 2.45) is 11.8 Å². The average Bonchev–Trinajstić information content (AvgIpc) is 2.34. The minimum Gasteiger partial charge on any atom is -0.317 e. The highest BCUT2D eigenvalue weighted by molar-refractivity contribution is 4.78. The van der Waals surface area contributed by atoms with Crippen LogP contribution in [0.3, 0.4) is 0 Å². The summed E-state index contributed by atoms with van der Waals surface area (Å²) in [5, 5.41) is 3.42. The minimum absolute atomic E-state index is 0.809. The van der Waals surface area contributed by atoms with Crippen molar-refractivity contribution in [2.75, 3.05) is 7.05 Å². The second kappa shape index (κ2) is 8.11. The molecule has 0 amide bonds. The van der Waals surface area contributed by atoms with Crippen molar-refractivity contribution < 1.29 is 0 Å². The van der Waals surface area contributed by atoms with Crippen LogP contribution in [0, 0.1) is 11.8 Å². The monoisotopic (exact) mass is 225 g/mol. The molecule has 96 valence electrons. The van der Waals surface area contributed by atoms with Gasteiger partial charge in [0.1, 0.15) is 0 Å². The van der Waals surface area contributed by atoms with E-state index in [0.717, 1.165) is 17.9 Å². The van der Waals surface area contributed by atoms with Crippen LogP contribution in [0.15, 0.2) is 0 Å². The lowest BCUT2D eigenvalue weighted by Crippen LogP contribution is -2.31. The lowest BCUT2D eigenvalue weighted by atomic mass is 9.77. The average molecular weight is 225 g/mol. The van der Waals surface area contributed by atoms with Crippen molar-refractivity contribution in [2.45, 2.75) is 77.7 Å². The van der Waals surface area contributed by atoms with E-state index in [0.29, 0.717) is 0 Å². The van der Waals surface area contributed by atoms with E-state index in [9.17, 15) is 0 Å². The number of hydrogen-bond donors (Lipinski definition) is 1. The van der Waals surface area contributed by atoms with Gasteiger partial charge in [-0.25, -0.2) is 0 Å². The number of hydrogen-bond acceptors (Lipinski definition) is 1. The molecular weight excluding hydrogens is 194 g/mol. The Morgan fingerprint density at radius 2 is 1.75 bits per heavy atom. The van der Waals surface area contributed by atoms with Crippen molar-refractivity contribution in [3.63, 3.8) is 0 Å². The van der Waals surface area contributed by atoms with Crippen LogP contribution in [0.2, 0.25) is 0 Å². The highest BCUT2D eigenvalue weighted by Gasteiger charge is 2.23. The molecule has 0 heterocycles. The van der Waals surface area contributed by atoms with Gasteiger partial charge in [0.05, 0.1) is 0 Å². The van der Waals surface area contributed by atoms with Gasteiger partial charge < -0.3 is 5.32 Å². The molecule has 1 nitrogen and oxygen atoms in total. The van der Waals surface area contributed by atoms with Gasteiger partial charge in [-0.3, -0.25) is 0 Å². The highest BCUT2D eigenvalue weighted by atomic mass is 14.9. The topological polar surface area (TPSA) is 12.0 Å². The molecule has 1 heteroatoms. The van der Waals surface area contributed by atoms with Crippen LogP contribution in [0.1, 0.15) is 71.6 Å². The summed E-state index contributed by atoms with van der Waals surface area (Å²) in [4.78, 5) is 0. The zero-order chi connectivity index (χ0) is 11.8. The molecule has 0 aromatic rings. The van der Waals surface area contributed by atoms with Gasteiger partial charge in [0.25, 0.3) is 0 Å². The van der Waals surface area contributed by atoms with Gasteiger partial charge in [-0.1, -0.05) is 46.0 Å². The molecule has 16 heavy (non-hydrogen) atoms. The van der Waals surface area contributed by atoms with E-state index in [1.54, 1.807) is 0 Å². The van der Waals surface area contributed by atoms with Crippen molar-refractivity contribution in [1.29, 1.82) is 0 Å². The van der Waals surface area contributed by atoms with E-state index in [-0.39, 0.29) is 0 Å². The molecule has 0 saturated heterocycles. The lowest BCUT2D eigenvalue weighted by molar-refractivity contribution is 0.221. The molecule has 0 aliphatic heterocycles. The van der Waals surface area contributed by atoms with Crippen LogP contribution >= 0.6 is 0 Å². The molecule has 0 bridgehead atoms. The third-order valence-electron chi connectivity index (χ3n) is 4.50. The predicted molar refractivity (Wildman–Crippen MR) is 72.7 cm³/mol. The normalized spacial score (nSPS) is 27.9. The van der Waals surface area contributed by atoms with Crippen LogP contribution in [-0.4, -0.2) is 13.1 Å². The first-order valence-electron chi connectivity index (χ1n) is 7.45. The summed E-state index contributed by atoms with van der Waals surface area (Å²) in [7, 11) is 2.11. The predicted octanol–water partition coefficient (Wildman–Crippen LogP) is 4.37. The molecule has 1 saturated carbocycles. The fourth-order valence-electron chi connectivity index (χ4n) is 3.11. The van der Waals surface area contributed by atoms with Gasteiger partial charge in [-0.15, -0.1) is 0 Å². The van der Waals surface area contributed by atoms with E-state index >= 15 is 0 Å². The summed E-state index contributed by atoms with van der Waals surface area (Å²) in [6.07, 6.45) is 12.9. The number of nitrogens with one attached hydrogen (secondary N) is 1. The molecule has 1 fully saturated rings. The summed E-state index contributed by atoms with van der Waals surface area (Å²) < 4.78 is 0. The second-order valence-corrected chi connectivity index (χ2v) is 5.73. The maximum Gasteiger partial charge on any atom is 0.00642 e. The number of unbranched alkanes of at least 4 members (excludes halogenated alkanes) is 3. The van der Waals surface area contributed by atoms with E-state index in [1.165, 1.54) is 57.8 Å². The first-order valence-corrected chi connectivity index (χ1v) is 7.45. The molecule has 1 rings (SSSR count). The third-order valence-corrected chi connectivity index (χ3v) is 4.50. The Balaban J connectivity index is 2.10. The molecule has 0 aromatic carbocycles. The van der Waals surface area contributed by atoms with Crippen molar-refractivity contribution in [3.05, 3.63) is 0 Å². The fraction of sp³-hybridized carbons (Fsp3) is 1.00. The summed E-state index contributed by atoms with van der Waals surface area (Å²) >= 11 is 0. The van der Waals surface area contributed by atoms with Crippen LogP contribution in [-0.2, 0) is 0 Å². The van der Waals surface area contributed by atoms with Crippen molar-refractivity contribution >= 4 is 0 Å². The summed E-state index contributed by atoms with van der Waals surface area (Å²) in [5.41, 5.74) is 0. The standard InChI is InChI=1S/C15H31N/c1-4-5-6-7-8-13(2)14-9-11-15(16-3)12-10-14/h13-16H,4-12H2,1-3H3. The Kier molecular flexibility index (Phi) is 7.11. The Morgan fingerprint density at radius 1 is 1.06 bits per heavy atom. The van der Waals surface area contributed by atoms with Gasteiger partial charge in [0, 0.05) is 6.04 Å². The maximum absolute atomic E-state index is 3.42. The molecule has 1 aliphatic carbocycles. The Hall–Kier alpha value is -0.0400. The van der Waals surface area contributed by atoms with Crippen molar-refractivity contribution in [1.82, 2.24) is 5.32 Å². The van der Waals surface area contributed by atoms with Gasteiger partial charge in [0.15, 0.2) is 0 Å². The molecule has 1 N–H and O–H groups in total. The molecular formula is C15H31N. The van der Waals surface area contributed by atoms with Crippen LogP contribution in [0.4, 0.5) is 0 Å². The zero-order valence-electron chi connectivity index (χ0n) is 11.6. The quantitative estimate of drug-likeness (QED) is 0.634. The summed E-state index contributed by atoms with van der Waals surface area (Å²) in [6.45, 7) is 4.78. The van der Waals surface area contributed by atoms with Crippen molar-refractivity contribution in [3.8, 4) is 0 Å². The smallest absolute Gasteiger partial charge is 0.00642 e. The SMILES string of the molecule is CCCCCCC(C)C1CCC(NC)CC1. The Labute approximate surface area is 102 Å². The van der Waals surface area contributed by atoms with E-state index in [4.69, 9.17) is 0 Å². The summed E-state index contributed by atoms with van der Waals surface area (Å²) in [6, 6.07) is 0.809. The third kappa shape index (κ3) is 4.86.